The zero-order valence-corrected chi connectivity index (χ0v) is 19.7. The van der Waals surface area contributed by atoms with E-state index in [-0.39, 0.29) is 34.8 Å². The molecule has 8 nitrogen and oxygen atoms in total. The lowest BCUT2D eigenvalue weighted by atomic mass is 10.0. The largest absolute Gasteiger partial charge is 0.507 e. The molecule has 1 atom stereocenters. The van der Waals surface area contributed by atoms with Crippen LogP contribution in [0.25, 0.3) is 5.57 Å². The van der Waals surface area contributed by atoms with Gasteiger partial charge in [-0.05, 0) is 43.5 Å². The topological polar surface area (TPSA) is 112 Å². The van der Waals surface area contributed by atoms with Gasteiger partial charge in [-0.15, -0.1) is 0 Å². The number of aromatic hydroxyl groups is 2. The SMILES string of the molecule is C=C/C(=C\N(C)C1CCN(C(C)=O)CC1)c1cnc(N)c(OC(C)c2c(O)ccc(F)c2O)c1. The Bertz CT molecular complexity index is 1100. The number of carbonyl (C=O) groups excluding carboxylic acids is 1. The van der Waals surface area contributed by atoms with Crippen molar-refractivity contribution in [2.24, 2.45) is 0 Å². The van der Waals surface area contributed by atoms with Gasteiger partial charge in [-0.2, -0.15) is 0 Å². The number of likely N-dealkylation sites (tertiary alicyclic amines) is 1. The summed E-state index contributed by atoms with van der Waals surface area (Å²) in [6, 6.07) is 4.09. The molecule has 0 aliphatic carbocycles. The molecule has 9 heteroatoms. The van der Waals surface area contributed by atoms with E-state index in [4.69, 9.17) is 10.5 Å². The fraction of sp³-hybridized carbons (Fsp3) is 0.360. The molecule has 1 aliphatic heterocycles. The number of aromatic nitrogens is 1. The number of pyridine rings is 1. The molecule has 1 amide bonds. The van der Waals surface area contributed by atoms with E-state index < -0.39 is 17.7 Å². The van der Waals surface area contributed by atoms with Crippen LogP contribution in [0.2, 0.25) is 0 Å². The maximum atomic E-state index is 13.8. The van der Waals surface area contributed by atoms with Crippen LogP contribution in [0.15, 0.2) is 43.3 Å². The molecule has 2 heterocycles. The summed E-state index contributed by atoms with van der Waals surface area (Å²) in [6.07, 6.45) is 6.09. The number of nitrogens with two attached hydrogens (primary N) is 1. The van der Waals surface area contributed by atoms with Gasteiger partial charge in [-0.25, -0.2) is 9.37 Å². The fourth-order valence-electron chi connectivity index (χ4n) is 4.09. The molecule has 1 unspecified atom stereocenters. The van der Waals surface area contributed by atoms with Gasteiger partial charge in [0.05, 0.1) is 5.56 Å². The van der Waals surface area contributed by atoms with Crippen LogP contribution in [0.1, 0.15) is 43.9 Å². The number of ether oxygens (including phenoxy) is 1. The van der Waals surface area contributed by atoms with Crippen LogP contribution < -0.4 is 10.5 Å². The number of anilines is 1. The number of hydrogen-bond donors (Lipinski definition) is 3. The summed E-state index contributed by atoms with van der Waals surface area (Å²) < 4.78 is 19.6. The molecule has 182 valence electrons. The highest BCUT2D eigenvalue weighted by Crippen LogP contribution is 2.38. The number of allylic oxidation sites excluding steroid dienone is 2. The highest BCUT2D eigenvalue weighted by atomic mass is 19.1. The van der Waals surface area contributed by atoms with E-state index in [0.29, 0.717) is 5.56 Å². The Morgan fingerprint density at radius 3 is 2.68 bits per heavy atom. The number of hydrogen-bond acceptors (Lipinski definition) is 7. The van der Waals surface area contributed by atoms with Gasteiger partial charge in [0.25, 0.3) is 0 Å². The van der Waals surface area contributed by atoms with Crippen molar-refractivity contribution in [2.75, 3.05) is 25.9 Å². The van der Waals surface area contributed by atoms with Crippen molar-refractivity contribution in [3.63, 3.8) is 0 Å². The summed E-state index contributed by atoms with van der Waals surface area (Å²) in [7, 11) is 1.98. The Morgan fingerprint density at radius 2 is 2.06 bits per heavy atom. The van der Waals surface area contributed by atoms with Crippen LogP contribution in [0.5, 0.6) is 17.2 Å². The lowest BCUT2D eigenvalue weighted by Gasteiger charge is -2.36. The predicted octanol–water partition coefficient (Wildman–Crippen LogP) is 3.82. The Balaban J connectivity index is 1.81. The number of nitrogens with zero attached hydrogens (tertiary/aromatic N) is 3. The molecular formula is C25H31FN4O4. The highest BCUT2D eigenvalue weighted by Gasteiger charge is 2.24. The summed E-state index contributed by atoms with van der Waals surface area (Å²) in [4.78, 5) is 19.7. The Hall–Kier alpha value is -3.75. The third kappa shape index (κ3) is 5.41. The number of phenols is 2. The molecule has 1 aromatic heterocycles. The zero-order valence-electron chi connectivity index (χ0n) is 19.7. The highest BCUT2D eigenvalue weighted by molar-refractivity contribution is 5.75. The van der Waals surface area contributed by atoms with Gasteiger partial charge in [0, 0.05) is 51.1 Å². The van der Waals surface area contributed by atoms with Crippen molar-refractivity contribution in [3.05, 3.63) is 60.2 Å². The Morgan fingerprint density at radius 1 is 1.38 bits per heavy atom. The van der Waals surface area contributed by atoms with Crippen LogP contribution in [-0.2, 0) is 4.79 Å². The first-order valence-electron chi connectivity index (χ1n) is 11.1. The van der Waals surface area contributed by atoms with Crippen molar-refractivity contribution in [2.45, 2.75) is 38.8 Å². The summed E-state index contributed by atoms with van der Waals surface area (Å²) in [5.41, 5.74) is 7.40. The van der Waals surface area contributed by atoms with Crippen molar-refractivity contribution in [1.82, 2.24) is 14.8 Å². The summed E-state index contributed by atoms with van der Waals surface area (Å²) in [5.74, 6) is -1.41. The molecule has 1 aliphatic rings. The van der Waals surface area contributed by atoms with Gasteiger partial charge in [0.2, 0.25) is 5.91 Å². The molecule has 4 N–H and O–H groups in total. The first-order valence-corrected chi connectivity index (χ1v) is 11.1. The Labute approximate surface area is 198 Å². The molecule has 34 heavy (non-hydrogen) atoms. The number of nitrogen functional groups attached to an aromatic ring is 1. The van der Waals surface area contributed by atoms with Gasteiger partial charge in [0.1, 0.15) is 11.9 Å². The lowest BCUT2D eigenvalue weighted by Crippen LogP contribution is -2.43. The number of halogens is 1. The molecule has 2 aromatic rings. The first-order chi connectivity index (χ1) is 16.1. The summed E-state index contributed by atoms with van der Waals surface area (Å²) >= 11 is 0. The number of phenolic OH excluding ortho intramolecular Hbond substituents is 2. The minimum absolute atomic E-state index is 0.0825. The second-order valence-corrected chi connectivity index (χ2v) is 8.39. The van der Waals surface area contributed by atoms with E-state index in [1.54, 1.807) is 32.2 Å². The summed E-state index contributed by atoms with van der Waals surface area (Å²) in [6.45, 7) is 8.50. The molecule has 0 spiro atoms. The quantitative estimate of drug-likeness (QED) is 0.527. The van der Waals surface area contributed by atoms with Crippen LogP contribution in [0.3, 0.4) is 0 Å². The second-order valence-electron chi connectivity index (χ2n) is 8.39. The Kier molecular flexibility index (Phi) is 7.65. The van der Waals surface area contributed by atoms with Crippen LogP contribution in [-0.4, -0.2) is 57.1 Å². The molecule has 1 aromatic carbocycles. The number of piperidine rings is 1. The molecule has 0 bridgehead atoms. The van der Waals surface area contributed by atoms with Crippen LogP contribution >= 0.6 is 0 Å². The number of amides is 1. The lowest BCUT2D eigenvalue weighted by molar-refractivity contribution is -0.130. The van der Waals surface area contributed by atoms with E-state index in [1.807, 2.05) is 18.1 Å². The fourth-order valence-corrected chi connectivity index (χ4v) is 4.09. The number of carbonyl (C=O) groups is 1. The average Bonchev–Trinajstić information content (AvgIpc) is 2.81. The smallest absolute Gasteiger partial charge is 0.219 e. The third-order valence-electron chi connectivity index (χ3n) is 6.12. The molecule has 3 rings (SSSR count). The third-order valence-corrected chi connectivity index (χ3v) is 6.12. The standard InChI is InChI=1S/C25H31FN4O4/c1-5-17(14-29(4)19-8-10-30(11-9-19)16(3)31)18-12-22(25(27)28-13-18)34-15(2)23-21(32)7-6-20(26)24(23)33/h5-7,12-15,19,32-33H,1,8-11H2,2-4H3,(H2,27,28)/b17-14+. The zero-order chi connectivity index (χ0) is 25.0. The average molecular weight is 471 g/mol. The summed E-state index contributed by atoms with van der Waals surface area (Å²) in [5, 5.41) is 20.1. The van der Waals surface area contributed by atoms with Crippen LogP contribution in [0, 0.1) is 5.82 Å². The number of rotatable bonds is 7. The normalized spacial score (nSPS) is 15.6. The predicted molar refractivity (Wildman–Crippen MR) is 129 cm³/mol. The minimum Gasteiger partial charge on any atom is -0.507 e. The van der Waals surface area contributed by atoms with Crippen molar-refractivity contribution in [1.29, 1.82) is 0 Å². The minimum atomic E-state index is -0.902. The van der Waals surface area contributed by atoms with E-state index >= 15 is 0 Å². The second kappa shape index (κ2) is 10.5. The van der Waals surface area contributed by atoms with Crippen LogP contribution in [0.4, 0.5) is 10.2 Å². The molecular weight excluding hydrogens is 439 g/mol. The van der Waals surface area contributed by atoms with E-state index in [9.17, 15) is 19.4 Å². The van der Waals surface area contributed by atoms with Gasteiger partial charge >= 0.3 is 0 Å². The maximum absolute atomic E-state index is 13.8. The van der Waals surface area contributed by atoms with E-state index in [2.05, 4.69) is 16.5 Å². The molecule has 0 radical (unpaired) electrons. The van der Waals surface area contributed by atoms with E-state index in [0.717, 1.165) is 43.6 Å². The van der Waals surface area contributed by atoms with Gasteiger partial charge in [0.15, 0.2) is 23.1 Å². The van der Waals surface area contributed by atoms with Gasteiger partial charge < -0.3 is 30.5 Å². The monoisotopic (exact) mass is 470 g/mol. The van der Waals surface area contributed by atoms with Crippen molar-refractivity contribution < 1.29 is 24.1 Å². The van der Waals surface area contributed by atoms with Crippen molar-refractivity contribution >= 4 is 17.3 Å². The van der Waals surface area contributed by atoms with Gasteiger partial charge in [-0.1, -0.05) is 12.7 Å². The van der Waals surface area contributed by atoms with Gasteiger partial charge in [-0.3, -0.25) is 4.79 Å². The molecule has 1 fully saturated rings. The van der Waals surface area contributed by atoms with Crippen molar-refractivity contribution in [3.8, 4) is 17.2 Å². The first kappa shape index (κ1) is 24.9. The maximum Gasteiger partial charge on any atom is 0.219 e. The molecule has 1 saturated heterocycles. The number of benzene rings is 1. The van der Waals surface area contributed by atoms with E-state index in [1.165, 1.54) is 0 Å². The molecule has 0 saturated carbocycles.